The fraction of sp³-hybridized carbons (Fsp3) is 0.0800. The quantitative estimate of drug-likeness (QED) is 0.157. The topological polar surface area (TPSA) is 67.9 Å². The second kappa shape index (κ2) is 12.1. The van der Waals surface area contributed by atoms with Gasteiger partial charge in [0.05, 0.1) is 37.4 Å². The van der Waals surface area contributed by atoms with Crippen LogP contribution in [0.15, 0.2) is 57.0 Å². The Labute approximate surface area is 260 Å². The zero-order valence-corrected chi connectivity index (χ0v) is 26.1. The van der Waals surface area contributed by atoms with Crippen molar-refractivity contribution >= 4 is 119 Å². The molecule has 0 radical (unpaired) electrons. The van der Waals surface area contributed by atoms with Gasteiger partial charge in [0.15, 0.2) is 16.6 Å². The minimum absolute atomic E-state index is 0.0839. The zero-order valence-electron chi connectivity index (χ0n) is 19.1. The highest BCUT2D eigenvalue weighted by Crippen LogP contribution is 2.44. The van der Waals surface area contributed by atoms with E-state index in [1.807, 2.05) is 0 Å². The van der Waals surface area contributed by atoms with E-state index in [4.69, 9.17) is 68.1 Å². The predicted molar refractivity (Wildman–Crippen MR) is 162 cm³/mol. The molecule has 13 heteroatoms. The van der Waals surface area contributed by atoms with Crippen molar-refractivity contribution in [3.05, 3.63) is 88.2 Å². The van der Waals surface area contributed by atoms with Crippen LogP contribution in [0.3, 0.4) is 0 Å². The Bertz CT molecular complexity index is 1530. The number of carbonyl (C=O) groups excluding carboxylic acids is 2. The number of halogens is 6. The van der Waals surface area contributed by atoms with Crippen molar-refractivity contribution in [1.29, 1.82) is 0 Å². The molecular formula is C25H14Br2Cl4N2O4S. The van der Waals surface area contributed by atoms with Gasteiger partial charge in [-0.25, -0.2) is 0 Å². The lowest BCUT2D eigenvalue weighted by Crippen LogP contribution is -2.54. The van der Waals surface area contributed by atoms with Crippen LogP contribution < -0.4 is 19.7 Å². The van der Waals surface area contributed by atoms with Crippen molar-refractivity contribution in [3.8, 4) is 11.5 Å². The van der Waals surface area contributed by atoms with E-state index in [1.165, 1.54) is 30.2 Å². The molecule has 0 unspecified atom stereocenters. The molecule has 0 aliphatic carbocycles. The smallest absolute Gasteiger partial charge is 0.270 e. The Morgan fingerprint density at radius 1 is 0.947 bits per heavy atom. The van der Waals surface area contributed by atoms with E-state index in [-0.39, 0.29) is 22.3 Å². The number of nitrogens with zero attached hydrogens (tertiary/aromatic N) is 1. The summed E-state index contributed by atoms with van der Waals surface area (Å²) in [5, 5.41) is 3.84. The Balaban J connectivity index is 1.69. The molecule has 0 aromatic heterocycles. The van der Waals surface area contributed by atoms with Gasteiger partial charge in [-0.15, -0.1) is 0 Å². The van der Waals surface area contributed by atoms with E-state index in [0.29, 0.717) is 46.8 Å². The zero-order chi connectivity index (χ0) is 27.7. The third kappa shape index (κ3) is 5.99. The molecule has 0 saturated carbocycles. The number of carbonyl (C=O) groups is 2. The first-order valence-corrected chi connectivity index (χ1v) is 14.0. The lowest BCUT2D eigenvalue weighted by atomic mass is 10.1. The molecule has 0 spiro atoms. The number of benzene rings is 3. The molecule has 1 aliphatic rings. The number of hydrogen-bond donors (Lipinski definition) is 1. The van der Waals surface area contributed by atoms with Gasteiger partial charge in [0.25, 0.3) is 11.8 Å². The Morgan fingerprint density at radius 2 is 1.61 bits per heavy atom. The van der Waals surface area contributed by atoms with E-state index < -0.39 is 11.8 Å². The Hall–Kier alpha value is -1.85. The Morgan fingerprint density at radius 3 is 2.24 bits per heavy atom. The molecule has 0 bridgehead atoms. The number of hydrogen-bond acceptors (Lipinski definition) is 5. The summed E-state index contributed by atoms with van der Waals surface area (Å²) in [5.74, 6) is -0.546. The first-order valence-electron chi connectivity index (χ1n) is 10.5. The average molecular weight is 740 g/mol. The normalized spacial score (nSPS) is 14.7. The van der Waals surface area contributed by atoms with Crippen LogP contribution in [0.4, 0.5) is 5.69 Å². The van der Waals surface area contributed by atoms with Crippen molar-refractivity contribution in [2.45, 2.75) is 6.61 Å². The van der Waals surface area contributed by atoms with Gasteiger partial charge in [0, 0.05) is 4.47 Å². The van der Waals surface area contributed by atoms with E-state index >= 15 is 0 Å². The lowest BCUT2D eigenvalue weighted by molar-refractivity contribution is -0.122. The van der Waals surface area contributed by atoms with Gasteiger partial charge < -0.3 is 9.47 Å². The first kappa shape index (κ1) is 29.1. The van der Waals surface area contributed by atoms with E-state index in [2.05, 4.69) is 37.2 Å². The summed E-state index contributed by atoms with van der Waals surface area (Å²) < 4.78 is 12.6. The molecule has 0 atom stereocenters. The number of anilines is 1. The summed E-state index contributed by atoms with van der Waals surface area (Å²) in [4.78, 5) is 27.4. The van der Waals surface area contributed by atoms with Gasteiger partial charge >= 0.3 is 0 Å². The number of methoxy groups -OCH3 is 1. The largest absolute Gasteiger partial charge is 0.493 e. The van der Waals surface area contributed by atoms with Crippen LogP contribution in [0.25, 0.3) is 6.08 Å². The van der Waals surface area contributed by atoms with Crippen molar-refractivity contribution in [1.82, 2.24) is 5.32 Å². The van der Waals surface area contributed by atoms with Gasteiger partial charge in [-0.2, -0.15) is 0 Å². The highest BCUT2D eigenvalue weighted by Gasteiger charge is 2.35. The molecule has 1 aliphatic heterocycles. The van der Waals surface area contributed by atoms with Gasteiger partial charge in [-0.05, 0) is 97.7 Å². The Kier molecular flexibility index (Phi) is 9.30. The molecule has 6 nitrogen and oxygen atoms in total. The number of amides is 2. The highest BCUT2D eigenvalue weighted by molar-refractivity contribution is 9.13. The number of ether oxygens (including phenoxy) is 2. The lowest BCUT2D eigenvalue weighted by Gasteiger charge is -2.29. The maximum Gasteiger partial charge on any atom is 0.270 e. The van der Waals surface area contributed by atoms with Crippen molar-refractivity contribution in [3.63, 3.8) is 0 Å². The summed E-state index contributed by atoms with van der Waals surface area (Å²) >= 11 is 36.5. The number of nitrogens with one attached hydrogen (secondary N) is 1. The third-order valence-corrected chi connectivity index (χ3v) is 9.21. The molecule has 4 rings (SSSR count). The molecule has 1 heterocycles. The van der Waals surface area contributed by atoms with Crippen molar-refractivity contribution in [2.75, 3.05) is 12.0 Å². The summed E-state index contributed by atoms with van der Waals surface area (Å²) in [6.07, 6.45) is 1.42. The number of rotatable bonds is 6. The molecule has 1 saturated heterocycles. The average Bonchev–Trinajstić information content (AvgIpc) is 2.87. The second-order valence-corrected chi connectivity index (χ2v) is 11.3. The van der Waals surface area contributed by atoms with Gasteiger partial charge in [-0.1, -0.05) is 52.5 Å². The summed E-state index contributed by atoms with van der Waals surface area (Å²) in [5.41, 5.74) is 1.45. The molecule has 2 amide bonds. The second-order valence-electron chi connectivity index (χ2n) is 7.72. The molecule has 3 aromatic rings. The van der Waals surface area contributed by atoms with Gasteiger partial charge in [0.1, 0.15) is 12.2 Å². The van der Waals surface area contributed by atoms with Crippen LogP contribution >= 0.6 is 90.5 Å². The molecule has 38 heavy (non-hydrogen) atoms. The third-order valence-electron chi connectivity index (χ3n) is 5.31. The van der Waals surface area contributed by atoms with Crippen LogP contribution in [0.5, 0.6) is 11.5 Å². The van der Waals surface area contributed by atoms with Crippen LogP contribution in [0, 0.1) is 0 Å². The summed E-state index contributed by atoms with van der Waals surface area (Å²) in [6, 6.07) is 11.4. The molecule has 3 aromatic carbocycles. The fourth-order valence-corrected chi connectivity index (χ4v) is 5.29. The minimum Gasteiger partial charge on any atom is -0.493 e. The minimum atomic E-state index is -0.654. The van der Waals surface area contributed by atoms with Gasteiger partial charge in [0.2, 0.25) is 0 Å². The van der Waals surface area contributed by atoms with E-state index in [0.717, 1.165) is 5.56 Å². The first-order chi connectivity index (χ1) is 18.0. The molecule has 196 valence electrons. The molecular weight excluding hydrogens is 726 g/mol. The molecule has 1 N–H and O–H groups in total. The predicted octanol–water partition coefficient (Wildman–Crippen LogP) is 8.24. The maximum atomic E-state index is 13.4. The van der Waals surface area contributed by atoms with Crippen LogP contribution in [-0.4, -0.2) is 24.0 Å². The van der Waals surface area contributed by atoms with Crippen molar-refractivity contribution in [2.24, 2.45) is 0 Å². The number of thiocarbonyl (C=S) groups is 1. The van der Waals surface area contributed by atoms with Crippen molar-refractivity contribution < 1.29 is 19.1 Å². The van der Waals surface area contributed by atoms with Crippen LogP contribution in [-0.2, 0) is 16.2 Å². The van der Waals surface area contributed by atoms with Crippen LogP contribution in [0.2, 0.25) is 20.1 Å². The maximum absolute atomic E-state index is 13.4. The van der Waals surface area contributed by atoms with E-state index in [1.54, 1.807) is 30.3 Å². The van der Waals surface area contributed by atoms with Crippen LogP contribution in [0.1, 0.15) is 11.1 Å². The SMILES string of the molecule is COc1cc(/C=C2\C(=O)NC(=S)N(c3ccc(Cl)c(Cl)c3)C2=O)c(Br)c(Br)c1OCc1ccc(Cl)c(Cl)c1. The van der Waals surface area contributed by atoms with E-state index in [9.17, 15) is 9.59 Å². The summed E-state index contributed by atoms with van der Waals surface area (Å²) in [6.45, 7) is 0.176. The highest BCUT2D eigenvalue weighted by atomic mass is 79.9. The fourth-order valence-electron chi connectivity index (χ4n) is 3.45. The summed E-state index contributed by atoms with van der Waals surface area (Å²) in [7, 11) is 1.47. The standard InChI is InChI=1S/C25H14Br2Cl4N2O4S/c1-36-19-8-12(20(26)21(27)22(19)37-10-11-2-4-15(28)17(30)6-11)7-14-23(34)32-25(38)33(24(14)35)13-3-5-16(29)18(31)9-13/h2-9H,10H2,1H3,(H,32,34,38)/b14-7+. The monoisotopic (exact) mass is 736 g/mol. The van der Waals surface area contributed by atoms with Gasteiger partial charge in [-0.3, -0.25) is 19.8 Å². The molecule has 1 fully saturated rings.